The number of fused-ring (bicyclic) bond motifs is 2. The Morgan fingerprint density at radius 3 is 2.50 bits per heavy atom. The lowest BCUT2D eigenvalue weighted by Crippen LogP contribution is -2.25. The van der Waals surface area contributed by atoms with Crippen LogP contribution in [0.5, 0.6) is 0 Å². The van der Waals surface area contributed by atoms with Gasteiger partial charge < -0.3 is 9.47 Å². The van der Waals surface area contributed by atoms with E-state index < -0.39 is 18.3 Å². The largest absolute Gasteiger partial charge is 0.466 e. The molecular formula is C21H25N3O4. The highest BCUT2D eigenvalue weighted by molar-refractivity contribution is 5.88. The van der Waals surface area contributed by atoms with E-state index in [-0.39, 0.29) is 13.0 Å². The summed E-state index contributed by atoms with van der Waals surface area (Å²) in [6.07, 6.45) is 8.03. The van der Waals surface area contributed by atoms with Gasteiger partial charge in [0.05, 0.1) is 12.3 Å². The maximum atomic E-state index is 12.7. The van der Waals surface area contributed by atoms with Crippen molar-refractivity contribution in [3.63, 3.8) is 0 Å². The first-order chi connectivity index (χ1) is 13.7. The highest BCUT2D eigenvalue weighted by atomic mass is 16.6. The van der Waals surface area contributed by atoms with Crippen LogP contribution in [0.25, 0.3) is 0 Å². The summed E-state index contributed by atoms with van der Waals surface area (Å²) in [4.78, 5) is 24.7. The summed E-state index contributed by atoms with van der Waals surface area (Å²) in [7, 11) is 0. The molecule has 0 radical (unpaired) electrons. The molecule has 28 heavy (non-hydrogen) atoms. The Labute approximate surface area is 164 Å². The molecule has 0 aliphatic heterocycles. The molecule has 148 valence electrons. The van der Waals surface area contributed by atoms with E-state index in [1.54, 1.807) is 25.4 Å². The Morgan fingerprint density at radius 1 is 1.18 bits per heavy atom. The average Bonchev–Trinajstić information content (AvgIpc) is 3.42. The van der Waals surface area contributed by atoms with Gasteiger partial charge in [0.1, 0.15) is 6.42 Å². The Balaban J connectivity index is 1.53. The van der Waals surface area contributed by atoms with Crippen LogP contribution in [0.2, 0.25) is 0 Å². The molecule has 1 unspecified atom stereocenters. The number of nitrogens with one attached hydrogen (secondary N) is 1. The topological polar surface area (TPSA) is 82.5 Å². The van der Waals surface area contributed by atoms with Crippen molar-refractivity contribution in [1.82, 2.24) is 9.78 Å². The van der Waals surface area contributed by atoms with Crippen molar-refractivity contribution < 1.29 is 19.1 Å². The van der Waals surface area contributed by atoms with Crippen molar-refractivity contribution >= 4 is 17.7 Å². The molecule has 1 N–H and O–H groups in total. The van der Waals surface area contributed by atoms with Crippen molar-refractivity contribution in [1.29, 1.82) is 0 Å². The second-order valence-corrected chi connectivity index (χ2v) is 7.21. The van der Waals surface area contributed by atoms with Crippen LogP contribution in [-0.2, 0) is 40.0 Å². The van der Waals surface area contributed by atoms with Gasteiger partial charge in [-0.25, -0.2) is 9.48 Å². The number of benzene rings is 1. The highest BCUT2D eigenvalue weighted by Crippen LogP contribution is 2.38. The van der Waals surface area contributed by atoms with E-state index in [0.29, 0.717) is 0 Å². The number of nitrogens with zero attached hydrogens (tertiary/aromatic N) is 2. The van der Waals surface area contributed by atoms with Crippen LogP contribution in [0, 0.1) is 0 Å². The fourth-order valence-corrected chi connectivity index (χ4v) is 4.22. The number of rotatable bonds is 6. The van der Waals surface area contributed by atoms with Gasteiger partial charge in [-0.3, -0.25) is 10.1 Å². The molecule has 4 rings (SSSR count). The zero-order valence-corrected chi connectivity index (χ0v) is 16.1. The molecule has 7 nitrogen and oxygen atoms in total. The third kappa shape index (κ3) is 3.74. The summed E-state index contributed by atoms with van der Waals surface area (Å²) in [5.41, 5.74) is 6.07. The number of carbonyl (C=O) groups is 2. The quantitative estimate of drug-likeness (QED) is 0.771. The van der Waals surface area contributed by atoms with Crippen molar-refractivity contribution in [2.45, 2.75) is 58.1 Å². The summed E-state index contributed by atoms with van der Waals surface area (Å²) in [5, 5.41) is 7.10. The Morgan fingerprint density at radius 2 is 1.89 bits per heavy atom. The van der Waals surface area contributed by atoms with Crippen molar-refractivity contribution in [3.05, 3.63) is 46.8 Å². The Kier molecular flexibility index (Phi) is 5.32. The lowest BCUT2D eigenvalue weighted by molar-refractivity contribution is -0.146. The summed E-state index contributed by atoms with van der Waals surface area (Å²) in [6, 6.07) is 4.03. The molecule has 0 saturated heterocycles. The van der Waals surface area contributed by atoms with E-state index in [1.165, 1.54) is 26.9 Å². The number of carbonyl (C=O) groups excluding carboxylic acids is 2. The molecule has 1 atom stereocenters. The zero-order valence-electron chi connectivity index (χ0n) is 16.1. The van der Waals surface area contributed by atoms with Gasteiger partial charge in [0.2, 0.25) is 6.23 Å². The van der Waals surface area contributed by atoms with E-state index in [2.05, 4.69) is 16.5 Å². The molecule has 7 heteroatoms. The summed E-state index contributed by atoms with van der Waals surface area (Å²) in [6.45, 7) is 2.02. The number of hydrogen-bond acceptors (Lipinski definition) is 5. The van der Waals surface area contributed by atoms with E-state index in [0.717, 1.165) is 44.2 Å². The van der Waals surface area contributed by atoms with E-state index in [1.807, 2.05) is 0 Å². The van der Waals surface area contributed by atoms with Crippen LogP contribution in [0.4, 0.5) is 10.5 Å². The van der Waals surface area contributed by atoms with Crippen LogP contribution >= 0.6 is 0 Å². The van der Waals surface area contributed by atoms with Gasteiger partial charge in [0.25, 0.3) is 0 Å². The van der Waals surface area contributed by atoms with Gasteiger partial charge in [0.15, 0.2) is 0 Å². The molecule has 2 aliphatic carbocycles. The number of esters is 1. The molecule has 0 spiro atoms. The SMILES string of the molecule is CCOC(=O)CC(OC(=O)Nc1c2c(cc3c1CCC3)CCC2)n1cccn1. The number of hydrogen-bond donors (Lipinski definition) is 1. The molecular weight excluding hydrogens is 358 g/mol. The molecule has 0 saturated carbocycles. The van der Waals surface area contributed by atoms with Gasteiger partial charge in [-0.15, -0.1) is 0 Å². The van der Waals surface area contributed by atoms with Crippen LogP contribution in [0.3, 0.4) is 0 Å². The molecule has 1 aromatic heterocycles. The van der Waals surface area contributed by atoms with Crippen LogP contribution < -0.4 is 5.32 Å². The first kappa shape index (κ1) is 18.5. The van der Waals surface area contributed by atoms with Crippen molar-refractivity contribution in [2.24, 2.45) is 0 Å². The van der Waals surface area contributed by atoms with Gasteiger partial charge in [-0.2, -0.15) is 5.10 Å². The van der Waals surface area contributed by atoms with Gasteiger partial charge in [0, 0.05) is 12.4 Å². The maximum absolute atomic E-state index is 12.7. The summed E-state index contributed by atoms with van der Waals surface area (Å²) >= 11 is 0. The second-order valence-electron chi connectivity index (χ2n) is 7.21. The van der Waals surface area contributed by atoms with E-state index in [9.17, 15) is 9.59 Å². The standard InChI is InChI=1S/C21H25N3O4/c1-2-27-19(25)13-18(24-11-5-10-22-24)28-21(26)23-20-16-8-3-6-14(16)12-15-7-4-9-17(15)20/h5,10-12,18H,2-4,6-9,13H2,1H3,(H,23,26). The van der Waals surface area contributed by atoms with Gasteiger partial charge >= 0.3 is 12.1 Å². The third-order valence-corrected chi connectivity index (χ3v) is 5.41. The molecule has 0 fully saturated rings. The highest BCUT2D eigenvalue weighted by Gasteiger charge is 2.27. The third-order valence-electron chi connectivity index (χ3n) is 5.41. The summed E-state index contributed by atoms with van der Waals surface area (Å²) in [5.74, 6) is -0.433. The minimum Gasteiger partial charge on any atom is -0.466 e. The predicted octanol–water partition coefficient (Wildman–Crippen LogP) is 3.56. The minimum absolute atomic E-state index is 0.0893. The number of anilines is 1. The zero-order chi connectivity index (χ0) is 19.5. The van der Waals surface area contributed by atoms with Crippen molar-refractivity contribution in [3.8, 4) is 0 Å². The molecule has 1 amide bonds. The minimum atomic E-state index is -0.848. The normalized spacial score (nSPS) is 15.6. The molecule has 1 aromatic carbocycles. The maximum Gasteiger partial charge on any atom is 0.413 e. The lowest BCUT2D eigenvalue weighted by atomic mass is 9.99. The average molecular weight is 383 g/mol. The summed E-state index contributed by atoms with van der Waals surface area (Å²) < 4.78 is 12.0. The molecule has 2 aliphatic rings. The fourth-order valence-electron chi connectivity index (χ4n) is 4.22. The number of ether oxygens (including phenoxy) is 2. The molecule has 1 heterocycles. The number of aromatic nitrogens is 2. The van der Waals surface area contributed by atoms with Crippen LogP contribution in [-0.4, -0.2) is 28.4 Å². The van der Waals surface area contributed by atoms with E-state index in [4.69, 9.17) is 9.47 Å². The molecule has 2 aromatic rings. The van der Waals surface area contributed by atoms with Crippen LogP contribution in [0.1, 0.15) is 54.7 Å². The Hall–Kier alpha value is -2.83. The molecule has 0 bridgehead atoms. The smallest absolute Gasteiger partial charge is 0.413 e. The fraction of sp³-hybridized carbons (Fsp3) is 0.476. The predicted molar refractivity (Wildman–Crippen MR) is 103 cm³/mol. The monoisotopic (exact) mass is 383 g/mol. The van der Waals surface area contributed by atoms with Crippen LogP contribution in [0.15, 0.2) is 24.5 Å². The van der Waals surface area contributed by atoms with Crippen molar-refractivity contribution in [2.75, 3.05) is 11.9 Å². The lowest BCUT2D eigenvalue weighted by Gasteiger charge is -2.20. The van der Waals surface area contributed by atoms with E-state index >= 15 is 0 Å². The first-order valence-corrected chi connectivity index (χ1v) is 9.94. The van der Waals surface area contributed by atoms with Gasteiger partial charge in [-0.1, -0.05) is 6.07 Å². The Bertz CT molecular complexity index is 844. The van der Waals surface area contributed by atoms with Gasteiger partial charge in [-0.05, 0) is 73.8 Å². The first-order valence-electron chi connectivity index (χ1n) is 9.94. The second kappa shape index (κ2) is 8.04. The number of amides is 1. The number of aryl methyl sites for hydroxylation is 2.